The van der Waals surface area contributed by atoms with E-state index in [-0.39, 0.29) is 12.3 Å². The highest BCUT2D eigenvalue weighted by Gasteiger charge is 2.28. The molecule has 1 aliphatic carbocycles. The number of unbranched alkanes of at least 4 members (excludes halogenated alkanes) is 6. The first-order chi connectivity index (χ1) is 10.1. The van der Waals surface area contributed by atoms with Crippen molar-refractivity contribution in [2.45, 2.75) is 77.6 Å². The SMILES string of the molecule is CCCCC[C@H]1C=CC(=O)[C@H]1CCCCCCCC(=O)[O-]. The van der Waals surface area contributed by atoms with Crippen LogP contribution in [0.5, 0.6) is 0 Å². The fourth-order valence-corrected chi connectivity index (χ4v) is 3.13. The van der Waals surface area contributed by atoms with Crippen LogP contribution in [0.4, 0.5) is 0 Å². The number of carboxylic acids is 1. The first-order valence-corrected chi connectivity index (χ1v) is 8.57. The van der Waals surface area contributed by atoms with Gasteiger partial charge in [0.25, 0.3) is 0 Å². The van der Waals surface area contributed by atoms with E-state index in [9.17, 15) is 14.7 Å². The molecule has 0 saturated carbocycles. The van der Waals surface area contributed by atoms with Gasteiger partial charge >= 0.3 is 0 Å². The minimum atomic E-state index is -0.951. The van der Waals surface area contributed by atoms with Crippen molar-refractivity contribution in [1.82, 2.24) is 0 Å². The quantitative estimate of drug-likeness (QED) is 0.518. The minimum Gasteiger partial charge on any atom is -0.550 e. The summed E-state index contributed by atoms with van der Waals surface area (Å²) in [6.45, 7) is 2.20. The molecule has 0 aromatic rings. The second-order valence-corrected chi connectivity index (χ2v) is 6.21. The topological polar surface area (TPSA) is 57.2 Å². The number of carbonyl (C=O) groups excluding carboxylic acids is 2. The number of hydrogen-bond acceptors (Lipinski definition) is 3. The number of carbonyl (C=O) groups is 2. The highest BCUT2D eigenvalue weighted by molar-refractivity contribution is 5.94. The Kier molecular flexibility index (Phi) is 9.04. The molecule has 1 rings (SSSR count). The monoisotopic (exact) mass is 293 g/mol. The Bertz CT molecular complexity index is 346. The zero-order valence-electron chi connectivity index (χ0n) is 13.3. The standard InChI is InChI=1S/C18H30O3/c1-2-3-7-10-15-13-14-17(19)16(15)11-8-5-4-6-9-12-18(20)21/h13-16H,2-12H2,1H3,(H,20,21)/p-1/t15-,16-/m0/s1. The Balaban J connectivity index is 2.11. The molecule has 3 nitrogen and oxygen atoms in total. The Hall–Kier alpha value is -1.12. The maximum Gasteiger partial charge on any atom is 0.159 e. The number of allylic oxidation sites excluding steroid dienone is 2. The molecule has 1 aliphatic rings. The summed E-state index contributed by atoms with van der Waals surface area (Å²) in [6, 6.07) is 0. The molecule has 0 aromatic heterocycles. The summed E-state index contributed by atoms with van der Waals surface area (Å²) in [7, 11) is 0. The highest BCUT2D eigenvalue weighted by Crippen LogP contribution is 2.31. The molecule has 2 atom stereocenters. The number of ketones is 1. The van der Waals surface area contributed by atoms with Crippen LogP contribution in [0.25, 0.3) is 0 Å². The van der Waals surface area contributed by atoms with E-state index in [2.05, 4.69) is 13.0 Å². The average Bonchev–Trinajstić information content (AvgIpc) is 2.79. The molecule has 0 aliphatic heterocycles. The van der Waals surface area contributed by atoms with Gasteiger partial charge in [0.15, 0.2) is 5.78 Å². The lowest BCUT2D eigenvalue weighted by atomic mass is 9.86. The summed E-state index contributed by atoms with van der Waals surface area (Å²) in [5.74, 6) is 0.0354. The zero-order chi connectivity index (χ0) is 15.5. The molecule has 0 heterocycles. The second-order valence-electron chi connectivity index (χ2n) is 6.21. The van der Waals surface area contributed by atoms with E-state index in [1.54, 1.807) is 6.08 Å². The maximum absolute atomic E-state index is 11.9. The fraction of sp³-hybridized carbons (Fsp3) is 0.778. The highest BCUT2D eigenvalue weighted by atomic mass is 16.4. The Morgan fingerprint density at radius 1 is 1.05 bits per heavy atom. The van der Waals surface area contributed by atoms with E-state index < -0.39 is 5.97 Å². The van der Waals surface area contributed by atoms with Gasteiger partial charge in [-0.3, -0.25) is 4.79 Å². The van der Waals surface area contributed by atoms with Crippen LogP contribution in [0.2, 0.25) is 0 Å². The zero-order valence-corrected chi connectivity index (χ0v) is 13.3. The normalized spacial score (nSPS) is 21.1. The van der Waals surface area contributed by atoms with Crippen LogP contribution in [0.1, 0.15) is 77.6 Å². The van der Waals surface area contributed by atoms with Crippen LogP contribution < -0.4 is 5.11 Å². The third-order valence-corrected chi connectivity index (χ3v) is 4.43. The summed E-state index contributed by atoms with van der Waals surface area (Å²) < 4.78 is 0. The molecular formula is C18H29O3-. The summed E-state index contributed by atoms with van der Waals surface area (Å²) in [4.78, 5) is 22.2. The van der Waals surface area contributed by atoms with E-state index in [1.165, 1.54) is 19.3 Å². The van der Waals surface area contributed by atoms with Crippen LogP contribution in [0.15, 0.2) is 12.2 Å². The third-order valence-electron chi connectivity index (χ3n) is 4.43. The van der Waals surface area contributed by atoms with Crippen molar-refractivity contribution in [3.8, 4) is 0 Å². The molecule has 0 radical (unpaired) electrons. The van der Waals surface area contributed by atoms with Gasteiger partial charge in [0.1, 0.15) is 0 Å². The predicted molar refractivity (Wildman–Crippen MR) is 82.6 cm³/mol. The molecule has 0 spiro atoms. The fourth-order valence-electron chi connectivity index (χ4n) is 3.13. The van der Waals surface area contributed by atoms with E-state index >= 15 is 0 Å². The van der Waals surface area contributed by atoms with Gasteiger partial charge in [-0.25, -0.2) is 0 Å². The molecule has 3 heteroatoms. The first kappa shape index (κ1) is 17.9. The molecular weight excluding hydrogens is 264 g/mol. The molecule has 0 bridgehead atoms. The molecule has 0 aromatic carbocycles. The summed E-state index contributed by atoms with van der Waals surface area (Å²) in [5, 5.41) is 10.3. The van der Waals surface area contributed by atoms with Crippen molar-refractivity contribution in [3.05, 3.63) is 12.2 Å². The van der Waals surface area contributed by atoms with Crippen LogP contribution in [0, 0.1) is 11.8 Å². The smallest absolute Gasteiger partial charge is 0.159 e. The van der Waals surface area contributed by atoms with Crippen molar-refractivity contribution >= 4 is 11.8 Å². The molecule has 120 valence electrons. The van der Waals surface area contributed by atoms with E-state index in [0.717, 1.165) is 38.5 Å². The van der Waals surface area contributed by atoms with Gasteiger partial charge in [-0.1, -0.05) is 57.9 Å². The van der Waals surface area contributed by atoms with Crippen LogP contribution in [0.3, 0.4) is 0 Å². The molecule has 21 heavy (non-hydrogen) atoms. The number of carboxylic acid groups (broad SMARTS) is 1. The second kappa shape index (κ2) is 10.6. The largest absolute Gasteiger partial charge is 0.550 e. The van der Waals surface area contributed by atoms with Crippen molar-refractivity contribution in [1.29, 1.82) is 0 Å². The van der Waals surface area contributed by atoms with Crippen molar-refractivity contribution < 1.29 is 14.7 Å². The summed E-state index contributed by atoms with van der Waals surface area (Å²) in [6.07, 6.45) is 14.8. The average molecular weight is 293 g/mol. The summed E-state index contributed by atoms with van der Waals surface area (Å²) in [5.41, 5.74) is 0. The van der Waals surface area contributed by atoms with Crippen molar-refractivity contribution in [2.75, 3.05) is 0 Å². The van der Waals surface area contributed by atoms with Gasteiger partial charge in [-0.15, -0.1) is 0 Å². The number of aliphatic carboxylic acids is 1. The van der Waals surface area contributed by atoms with Gasteiger partial charge in [-0.2, -0.15) is 0 Å². The molecule has 0 fully saturated rings. The van der Waals surface area contributed by atoms with Gasteiger partial charge in [0.2, 0.25) is 0 Å². The number of rotatable bonds is 12. The third kappa shape index (κ3) is 7.45. The lowest BCUT2D eigenvalue weighted by Gasteiger charge is -2.17. The first-order valence-electron chi connectivity index (χ1n) is 8.57. The van der Waals surface area contributed by atoms with Crippen LogP contribution in [-0.2, 0) is 9.59 Å². The van der Waals surface area contributed by atoms with E-state index in [4.69, 9.17) is 0 Å². The minimum absolute atomic E-state index is 0.171. The number of hydrogen-bond donors (Lipinski definition) is 0. The van der Waals surface area contributed by atoms with Gasteiger partial charge < -0.3 is 9.90 Å². The van der Waals surface area contributed by atoms with Crippen molar-refractivity contribution in [2.24, 2.45) is 11.8 Å². The Morgan fingerprint density at radius 2 is 1.71 bits per heavy atom. The van der Waals surface area contributed by atoms with Crippen LogP contribution >= 0.6 is 0 Å². The molecule has 0 saturated heterocycles. The van der Waals surface area contributed by atoms with Gasteiger partial charge in [-0.05, 0) is 37.7 Å². The predicted octanol–water partition coefficient (Wildman–Crippen LogP) is 3.42. The van der Waals surface area contributed by atoms with Gasteiger partial charge in [0.05, 0.1) is 0 Å². The van der Waals surface area contributed by atoms with E-state index in [1.807, 2.05) is 0 Å². The van der Waals surface area contributed by atoms with E-state index in [0.29, 0.717) is 18.1 Å². The van der Waals surface area contributed by atoms with Crippen molar-refractivity contribution in [3.63, 3.8) is 0 Å². The van der Waals surface area contributed by atoms with Crippen LogP contribution in [-0.4, -0.2) is 11.8 Å². The van der Waals surface area contributed by atoms with Gasteiger partial charge in [0, 0.05) is 11.9 Å². The Labute approximate surface area is 128 Å². The maximum atomic E-state index is 11.9. The lowest BCUT2D eigenvalue weighted by Crippen LogP contribution is -2.21. The molecule has 0 unspecified atom stereocenters. The lowest BCUT2D eigenvalue weighted by molar-refractivity contribution is -0.305. The Morgan fingerprint density at radius 3 is 2.43 bits per heavy atom. The molecule has 0 amide bonds. The summed E-state index contributed by atoms with van der Waals surface area (Å²) >= 11 is 0. The molecule has 0 N–H and O–H groups in total.